The second-order valence-electron chi connectivity index (χ2n) is 5.50. The van der Waals surface area contributed by atoms with Crippen LogP contribution in [0.4, 0.5) is 0 Å². The number of rotatable bonds is 2. The monoisotopic (exact) mass is 273 g/mol. The Morgan fingerprint density at radius 2 is 1.52 bits per heavy atom. The second kappa shape index (κ2) is 4.74. The first-order chi connectivity index (χ1) is 10.3. The van der Waals surface area contributed by atoms with E-state index in [9.17, 15) is 0 Å². The molecule has 2 nitrogen and oxygen atoms in total. The SMILES string of the molecule is C[n+]1ccc2c(c1)c1ccccc1n2Cc1ccccc1. The highest BCUT2D eigenvalue weighted by atomic mass is 15.0. The first kappa shape index (κ1) is 12.2. The summed E-state index contributed by atoms with van der Waals surface area (Å²) >= 11 is 0. The van der Waals surface area contributed by atoms with E-state index in [2.05, 4.69) is 89.2 Å². The third-order valence-corrected chi connectivity index (χ3v) is 4.04. The first-order valence-corrected chi connectivity index (χ1v) is 7.23. The van der Waals surface area contributed by atoms with Gasteiger partial charge < -0.3 is 4.57 Å². The molecule has 2 heteroatoms. The summed E-state index contributed by atoms with van der Waals surface area (Å²) in [6.07, 6.45) is 4.32. The van der Waals surface area contributed by atoms with Gasteiger partial charge in [0.05, 0.1) is 10.9 Å². The van der Waals surface area contributed by atoms with Gasteiger partial charge in [0.1, 0.15) is 7.05 Å². The van der Waals surface area contributed by atoms with E-state index >= 15 is 0 Å². The first-order valence-electron chi connectivity index (χ1n) is 7.23. The fourth-order valence-electron chi connectivity index (χ4n) is 3.04. The molecule has 21 heavy (non-hydrogen) atoms. The number of aryl methyl sites for hydroxylation is 1. The van der Waals surface area contributed by atoms with Crippen molar-refractivity contribution in [3.63, 3.8) is 0 Å². The van der Waals surface area contributed by atoms with Crippen LogP contribution < -0.4 is 4.57 Å². The molecule has 0 saturated carbocycles. The Bertz CT molecular complexity index is 920. The van der Waals surface area contributed by atoms with Crippen LogP contribution in [-0.2, 0) is 13.6 Å². The molecule has 0 aliphatic heterocycles. The Morgan fingerprint density at radius 1 is 0.810 bits per heavy atom. The summed E-state index contributed by atoms with van der Waals surface area (Å²) in [5, 5.41) is 2.63. The topological polar surface area (TPSA) is 8.81 Å². The molecule has 4 rings (SSSR count). The predicted molar refractivity (Wildman–Crippen MR) is 86.2 cm³/mol. The van der Waals surface area contributed by atoms with Crippen LogP contribution in [0.5, 0.6) is 0 Å². The molecule has 0 aliphatic rings. The predicted octanol–water partition coefficient (Wildman–Crippen LogP) is 3.67. The van der Waals surface area contributed by atoms with Gasteiger partial charge in [0.25, 0.3) is 0 Å². The molecule has 0 fully saturated rings. The zero-order valence-corrected chi connectivity index (χ0v) is 12.0. The highest BCUT2D eigenvalue weighted by molar-refractivity contribution is 6.07. The van der Waals surface area contributed by atoms with Crippen LogP contribution in [0, 0.1) is 0 Å². The average Bonchev–Trinajstić information content (AvgIpc) is 2.82. The normalized spacial score (nSPS) is 11.3. The summed E-state index contributed by atoms with van der Waals surface area (Å²) < 4.78 is 4.52. The van der Waals surface area contributed by atoms with Crippen LogP contribution in [0.1, 0.15) is 5.56 Å². The van der Waals surface area contributed by atoms with Crippen LogP contribution in [-0.4, -0.2) is 4.57 Å². The van der Waals surface area contributed by atoms with E-state index in [-0.39, 0.29) is 0 Å². The van der Waals surface area contributed by atoms with Crippen molar-refractivity contribution in [1.29, 1.82) is 0 Å². The molecule has 0 atom stereocenters. The third-order valence-electron chi connectivity index (χ3n) is 4.04. The molecule has 0 N–H and O–H groups in total. The van der Waals surface area contributed by atoms with Gasteiger partial charge in [-0.1, -0.05) is 48.5 Å². The molecule has 0 radical (unpaired) electrons. The molecule has 0 bridgehead atoms. The van der Waals surface area contributed by atoms with Gasteiger partial charge >= 0.3 is 0 Å². The number of benzene rings is 2. The summed E-state index contributed by atoms with van der Waals surface area (Å²) in [7, 11) is 2.07. The van der Waals surface area contributed by atoms with Gasteiger partial charge in [0.2, 0.25) is 0 Å². The van der Waals surface area contributed by atoms with Crippen LogP contribution in [0.2, 0.25) is 0 Å². The molecule has 0 saturated heterocycles. The van der Waals surface area contributed by atoms with Crippen molar-refractivity contribution in [3.05, 3.63) is 78.6 Å². The van der Waals surface area contributed by atoms with Crippen molar-refractivity contribution in [2.45, 2.75) is 6.54 Å². The Balaban J connectivity index is 2.01. The van der Waals surface area contributed by atoms with Crippen molar-refractivity contribution in [1.82, 2.24) is 4.57 Å². The van der Waals surface area contributed by atoms with Crippen LogP contribution >= 0.6 is 0 Å². The fraction of sp³-hybridized carbons (Fsp3) is 0.105. The van der Waals surface area contributed by atoms with E-state index < -0.39 is 0 Å². The zero-order chi connectivity index (χ0) is 14.2. The second-order valence-corrected chi connectivity index (χ2v) is 5.50. The van der Waals surface area contributed by atoms with E-state index in [1.165, 1.54) is 27.4 Å². The van der Waals surface area contributed by atoms with Gasteiger partial charge in [-0.25, -0.2) is 4.57 Å². The molecule has 102 valence electrons. The van der Waals surface area contributed by atoms with Gasteiger partial charge in [0, 0.05) is 23.5 Å². The summed E-state index contributed by atoms with van der Waals surface area (Å²) in [6.45, 7) is 0.901. The minimum Gasteiger partial charge on any atom is -0.336 e. The standard InChI is InChI=1S/C19H17N2/c1-20-12-11-19-17(14-20)16-9-5-6-10-18(16)21(19)13-15-7-3-2-4-8-15/h2-12,14H,13H2,1H3/q+1. The summed E-state index contributed by atoms with van der Waals surface area (Å²) in [4.78, 5) is 0. The summed E-state index contributed by atoms with van der Waals surface area (Å²) in [6, 6.07) is 21.5. The highest BCUT2D eigenvalue weighted by Crippen LogP contribution is 2.28. The number of fused-ring (bicyclic) bond motifs is 3. The van der Waals surface area contributed by atoms with E-state index in [4.69, 9.17) is 0 Å². The maximum atomic E-state index is 2.40. The van der Waals surface area contributed by atoms with Crippen LogP contribution in [0.3, 0.4) is 0 Å². The smallest absolute Gasteiger partial charge is 0.178 e. The van der Waals surface area contributed by atoms with Crippen LogP contribution in [0.15, 0.2) is 73.1 Å². The molecular formula is C19H17N2+. The lowest BCUT2D eigenvalue weighted by Crippen LogP contribution is -2.25. The number of nitrogens with zero attached hydrogens (tertiary/aromatic N) is 2. The van der Waals surface area contributed by atoms with Crippen molar-refractivity contribution < 1.29 is 4.57 Å². The molecule has 0 aliphatic carbocycles. The third kappa shape index (κ3) is 2.00. The van der Waals surface area contributed by atoms with E-state index in [1.54, 1.807) is 0 Å². The van der Waals surface area contributed by atoms with E-state index in [0.29, 0.717) is 0 Å². The molecular weight excluding hydrogens is 256 g/mol. The Morgan fingerprint density at radius 3 is 2.38 bits per heavy atom. The summed E-state index contributed by atoms with van der Waals surface area (Å²) in [5.74, 6) is 0. The maximum Gasteiger partial charge on any atom is 0.178 e. The Labute approximate surface area is 123 Å². The maximum absolute atomic E-state index is 2.40. The average molecular weight is 273 g/mol. The molecule has 0 unspecified atom stereocenters. The molecule has 0 amide bonds. The van der Waals surface area contributed by atoms with Crippen molar-refractivity contribution in [2.24, 2.45) is 7.05 Å². The van der Waals surface area contributed by atoms with Crippen LogP contribution in [0.25, 0.3) is 21.8 Å². The van der Waals surface area contributed by atoms with Gasteiger partial charge in [-0.15, -0.1) is 0 Å². The van der Waals surface area contributed by atoms with Crippen molar-refractivity contribution in [3.8, 4) is 0 Å². The molecule has 4 aromatic rings. The largest absolute Gasteiger partial charge is 0.336 e. The summed E-state index contributed by atoms with van der Waals surface area (Å²) in [5.41, 5.74) is 3.91. The Kier molecular flexibility index (Phi) is 2.74. The lowest BCUT2D eigenvalue weighted by Gasteiger charge is -2.07. The lowest BCUT2D eigenvalue weighted by molar-refractivity contribution is -0.670. The zero-order valence-electron chi connectivity index (χ0n) is 12.0. The lowest BCUT2D eigenvalue weighted by atomic mass is 10.2. The molecule has 2 aromatic heterocycles. The van der Waals surface area contributed by atoms with E-state index in [0.717, 1.165) is 6.54 Å². The highest BCUT2D eigenvalue weighted by Gasteiger charge is 2.12. The molecule has 2 heterocycles. The van der Waals surface area contributed by atoms with Gasteiger partial charge in [-0.2, -0.15) is 0 Å². The van der Waals surface area contributed by atoms with Crippen molar-refractivity contribution in [2.75, 3.05) is 0 Å². The number of pyridine rings is 1. The minimum absolute atomic E-state index is 0.901. The number of aromatic nitrogens is 2. The Hall–Kier alpha value is -2.61. The van der Waals surface area contributed by atoms with Crippen molar-refractivity contribution >= 4 is 21.8 Å². The van der Waals surface area contributed by atoms with Gasteiger partial charge in [0.15, 0.2) is 12.4 Å². The van der Waals surface area contributed by atoms with Gasteiger partial charge in [-0.05, 0) is 11.6 Å². The van der Waals surface area contributed by atoms with E-state index in [1.807, 2.05) is 0 Å². The fourth-order valence-corrected chi connectivity index (χ4v) is 3.04. The molecule has 2 aromatic carbocycles. The molecule has 0 spiro atoms. The number of para-hydroxylation sites is 1. The van der Waals surface area contributed by atoms with Gasteiger partial charge in [-0.3, -0.25) is 0 Å². The number of hydrogen-bond acceptors (Lipinski definition) is 0. The quantitative estimate of drug-likeness (QED) is 0.493. The number of hydrogen-bond donors (Lipinski definition) is 0. The minimum atomic E-state index is 0.901.